The molecule has 0 unspecified atom stereocenters. The number of hydrogen-bond acceptors (Lipinski definition) is 2. The van der Waals surface area contributed by atoms with E-state index in [4.69, 9.17) is 0 Å². The van der Waals surface area contributed by atoms with Crippen molar-refractivity contribution in [3.8, 4) is 0 Å². The summed E-state index contributed by atoms with van der Waals surface area (Å²) >= 11 is 0. The van der Waals surface area contributed by atoms with Crippen molar-refractivity contribution in [2.75, 3.05) is 31.1 Å². The average molecular weight is 281 g/mol. The molecule has 0 saturated carbocycles. The number of halogens is 2. The van der Waals surface area contributed by atoms with Gasteiger partial charge >= 0.3 is 0 Å². The predicted octanol–water partition coefficient (Wildman–Crippen LogP) is 3.48. The Kier molecular flexibility index (Phi) is 4.97. The van der Waals surface area contributed by atoms with Crippen molar-refractivity contribution >= 4 is 5.69 Å². The number of rotatable bonds is 4. The number of nitrogens with zero attached hydrogens (tertiary/aromatic N) is 2. The van der Waals surface area contributed by atoms with Crippen LogP contribution in [0.2, 0.25) is 0 Å². The van der Waals surface area contributed by atoms with Crippen LogP contribution < -0.4 is 4.90 Å². The van der Waals surface area contributed by atoms with Crippen LogP contribution in [0, 0.1) is 17.6 Å². The summed E-state index contributed by atoms with van der Waals surface area (Å²) in [4.78, 5) is 4.54. The molecule has 0 aliphatic carbocycles. The van der Waals surface area contributed by atoms with Crippen LogP contribution in [-0.2, 0) is 0 Å². The Balaban J connectivity index is 2.12. The largest absolute Gasteiger partial charge is 0.366 e. The van der Waals surface area contributed by atoms with E-state index in [1.165, 1.54) is 18.1 Å². The molecule has 1 aromatic carbocycles. The molecule has 0 amide bonds. The normalized spacial score (nSPS) is 20.7. The van der Waals surface area contributed by atoms with Gasteiger partial charge in [-0.25, -0.2) is 8.78 Å². The Morgan fingerprint density at radius 3 is 2.35 bits per heavy atom. The van der Waals surface area contributed by atoms with E-state index in [2.05, 4.69) is 30.6 Å². The molecule has 1 radical (unpaired) electrons. The van der Waals surface area contributed by atoms with Crippen LogP contribution in [0.3, 0.4) is 0 Å². The van der Waals surface area contributed by atoms with Gasteiger partial charge in [-0.15, -0.1) is 0 Å². The van der Waals surface area contributed by atoms with Gasteiger partial charge in [-0.2, -0.15) is 0 Å². The van der Waals surface area contributed by atoms with Gasteiger partial charge in [0.1, 0.15) is 11.6 Å². The highest BCUT2D eigenvalue weighted by atomic mass is 19.1. The number of hydrogen-bond donors (Lipinski definition) is 0. The Morgan fingerprint density at radius 1 is 1.15 bits per heavy atom. The molecule has 4 heteroatoms. The molecule has 2 nitrogen and oxygen atoms in total. The SMILES string of the molecule is CC[C@H]1CN(C[C](C)C)CCN1c1cc(F)cc(F)c1. The molecule has 1 aliphatic rings. The number of benzene rings is 1. The third-order valence-corrected chi connectivity index (χ3v) is 3.76. The van der Waals surface area contributed by atoms with E-state index in [9.17, 15) is 8.78 Å². The summed E-state index contributed by atoms with van der Waals surface area (Å²) in [5.41, 5.74) is 0.659. The van der Waals surface area contributed by atoms with E-state index in [0.29, 0.717) is 11.7 Å². The first-order chi connectivity index (χ1) is 9.49. The highest BCUT2D eigenvalue weighted by Gasteiger charge is 2.26. The molecule has 1 fully saturated rings. The van der Waals surface area contributed by atoms with Crippen molar-refractivity contribution in [3.05, 3.63) is 35.8 Å². The van der Waals surface area contributed by atoms with Crippen molar-refractivity contribution in [1.29, 1.82) is 0 Å². The third kappa shape index (κ3) is 3.69. The van der Waals surface area contributed by atoms with Gasteiger partial charge in [0.05, 0.1) is 0 Å². The van der Waals surface area contributed by atoms with Crippen molar-refractivity contribution in [2.24, 2.45) is 0 Å². The van der Waals surface area contributed by atoms with Crippen molar-refractivity contribution in [1.82, 2.24) is 4.90 Å². The fraction of sp³-hybridized carbons (Fsp3) is 0.562. The van der Waals surface area contributed by atoms with Crippen LogP contribution >= 0.6 is 0 Å². The quantitative estimate of drug-likeness (QED) is 0.833. The van der Waals surface area contributed by atoms with Crippen LogP contribution in [0.4, 0.5) is 14.5 Å². The molecule has 1 aliphatic heterocycles. The van der Waals surface area contributed by atoms with Gasteiger partial charge in [0.15, 0.2) is 0 Å². The smallest absolute Gasteiger partial charge is 0.128 e. The molecule has 0 spiro atoms. The third-order valence-electron chi connectivity index (χ3n) is 3.76. The van der Waals surface area contributed by atoms with Crippen molar-refractivity contribution < 1.29 is 8.78 Å². The second-order valence-corrected chi connectivity index (χ2v) is 5.83. The lowest BCUT2D eigenvalue weighted by molar-refractivity contribution is 0.227. The Bertz CT molecular complexity index is 428. The summed E-state index contributed by atoms with van der Waals surface area (Å²) in [7, 11) is 0. The molecule has 1 saturated heterocycles. The predicted molar refractivity (Wildman–Crippen MR) is 78.8 cm³/mol. The van der Waals surface area contributed by atoms with Crippen LogP contribution in [0.5, 0.6) is 0 Å². The maximum Gasteiger partial charge on any atom is 0.128 e. The Hall–Kier alpha value is -1.16. The van der Waals surface area contributed by atoms with Gasteiger partial charge in [-0.1, -0.05) is 20.8 Å². The van der Waals surface area contributed by atoms with Gasteiger partial charge < -0.3 is 4.90 Å². The zero-order chi connectivity index (χ0) is 14.7. The van der Waals surface area contributed by atoms with Crippen LogP contribution in [0.15, 0.2) is 18.2 Å². The summed E-state index contributed by atoms with van der Waals surface area (Å²) in [6.07, 6.45) is 0.970. The van der Waals surface area contributed by atoms with E-state index in [0.717, 1.165) is 38.7 Å². The van der Waals surface area contributed by atoms with E-state index >= 15 is 0 Å². The molecule has 1 atom stereocenters. The second kappa shape index (κ2) is 6.53. The summed E-state index contributed by atoms with van der Waals surface area (Å²) in [6.45, 7) is 10.1. The van der Waals surface area contributed by atoms with E-state index in [1.54, 1.807) is 0 Å². The minimum absolute atomic E-state index is 0.310. The molecule has 0 bridgehead atoms. The van der Waals surface area contributed by atoms with Gasteiger partial charge in [-0.05, 0) is 24.5 Å². The van der Waals surface area contributed by atoms with E-state index < -0.39 is 11.6 Å². The standard InChI is InChI=1S/C16H23F2N2/c1-4-15-11-19(10-12(2)3)5-6-20(15)16-8-13(17)7-14(18)9-16/h7-9,15H,4-6,10-11H2,1-3H3/t15-/m0/s1. The highest BCUT2D eigenvalue weighted by Crippen LogP contribution is 2.24. The lowest BCUT2D eigenvalue weighted by Gasteiger charge is -2.43. The van der Waals surface area contributed by atoms with Gasteiger partial charge in [-0.3, -0.25) is 4.90 Å². The van der Waals surface area contributed by atoms with Crippen LogP contribution in [0.1, 0.15) is 27.2 Å². The molecule has 111 valence electrons. The molecule has 20 heavy (non-hydrogen) atoms. The maximum absolute atomic E-state index is 13.4. The summed E-state index contributed by atoms with van der Waals surface area (Å²) in [5.74, 6) is 0.384. The lowest BCUT2D eigenvalue weighted by Crippen LogP contribution is -2.53. The van der Waals surface area contributed by atoms with Gasteiger partial charge in [0.2, 0.25) is 0 Å². The molecule has 1 heterocycles. The molecular formula is C16H23F2N2. The fourth-order valence-corrected chi connectivity index (χ4v) is 2.90. The van der Waals surface area contributed by atoms with Crippen LogP contribution in [-0.4, -0.2) is 37.1 Å². The molecule has 0 N–H and O–H groups in total. The minimum atomic E-state index is -0.505. The monoisotopic (exact) mass is 281 g/mol. The summed E-state index contributed by atoms with van der Waals surface area (Å²) in [5, 5.41) is 0. The van der Waals surface area contributed by atoms with Crippen molar-refractivity contribution in [2.45, 2.75) is 33.2 Å². The van der Waals surface area contributed by atoms with Crippen LogP contribution in [0.25, 0.3) is 0 Å². The lowest BCUT2D eigenvalue weighted by atomic mass is 10.1. The van der Waals surface area contributed by atoms with Gasteiger partial charge in [0.25, 0.3) is 0 Å². The topological polar surface area (TPSA) is 6.48 Å². The fourth-order valence-electron chi connectivity index (χ4n) is 2.90. The summed E-state index contributed by atoms with van der Waals surface area (Å²) < 4.78 is 26.8. The Labute approximate surface area is 120 Å². The zero-order valence-corrected chi connectivity index (χ0v) is 12.5. The Morgan fingerprint density at radius 2 is 1.80 bits per heavy atom. The molecule has 1 aromatic rings. The molecular weight excluding hydrogens is 258 g/mol. The highest BCUT2D eigenvalue weighted by molar-refractivity contribution is 5.48. The van der Waals surface area contributed by atoms with E-state index in [1.807, 2.05) is 0 Å². The average Bonchev–Trinajstić information content (AvgIpc) is 2.36. The number of piperazine rings is 1. The summed E-state index contributed by atoms with van der Waals surface area (Å²) in [6, 6.07) is 4.09. The number of anilines is 1. The first-order valence-electron chi connectivity index (χ1n) is 7.23. The van der Waals surface area contributed by atoms with Crippen molar-refractivity contribution in [3.63, 3.8) is 0 Å². The first-order valence-corrected chi connectivity index (χ1v) is 7.23. The van der Waals surface area contributed by atoms with E-state index in [-0.39, 0.29) is 0 Å². The molecule has 2 rings (SSSR count). The first kappa shape index (κ1) is 15.2. The zero-order valence-electron chi connectivity index (χ0n) is 12.5. The maximum atomic E-state index is 13.4. The molecule has 0 aromatic heterocycles. The second-order valence-electron chi connectivity index (χ2n) is 5.83. The van der Waals surface area contributed by atoms with Gasteiger partial charge in [0, 0.05) is 44.0 Å². The minimum Gasteiger partial charge on any atom is -0.366 e.